The number of hydrogen-bond donors (Lipinski definition) is 4. The van der Waals surface area contributed by atoms with Crippen molar-refractivity contribution in [3.63, 3.8) is 0 Å². The summed E-state index contributed by atoms with van der Waals surface area (Å²) in [6.45, 7) is 2.45. The highest BCUT2D eigenvalue weighted by Gasteiger charge is 2.35. The molecule has 1 fully saturated rings. The Balaban J connectivity index is 1.84. The molecule has 1 aromatic carbocycles. The molecule has 0 saturated carbocycles. The Bertz CT molecular complexity index is 792. The van der Waals surface area contributed by atoms with Gasteiger partial charge in [-0.3, -0.25) is 24.6 Å². The molecule has 1 aliphatic rings. The van der Waals surface area contributed by atoms with Crippen molar-refractivity contribution in [3.05, 3.63) is 35.4 Å². The molecule has 1 unspecified atom stereocenters. The predicted octanol–water partition coefficient (Wildman–Crippen LogP) is -0.766. The first kappa shape index (κ1) is 20.9. The molecule has 1 saturated heterocycles. The van der Waals surface area contributed by atoms with Gasteiger partial charge >= 0.3 is 17.8 Å². The Kier molecular flexibility index (Phi) is 6.69. The molecule has 10 heteroatoms. The van der Waals surface area contributed by atoms with Crippen molar-refractivity contribution >= 4 is 29.5 Å². The molecule has 1 atom stereocenters. The van der Waals surface area contributed by atoms with Gasteiger partial charge in [-0.15, -0.1) is 0 Å². The number of nitrogens with one attached hydrogen (secondary N) is 2. The van der Waals surface area contributed by atoms with Crippen LogP contribution in [0.1, 0.15) is 29.3 Å². The molecule has 0 spiro atoms. The van der Waals surface area contributed by atoms with E-state index in [9.17, 15) is 19.2 Å². The van der Waals surface area contributed by atoms with E-state index >= 15 is 0 Å². The standard InChI is InChI=1S/C18H23N5O5/c1-11(10-14(24)25)23-9-8-22(17(27)18(23)28)7-6-21-16(26)13-4-2-12(3-5-13)15(19)20/h2-5,11H,6-10H2,1H3,(H3,19,20)(H,21,26)(H,24,25). The normalized spacial score (nSPS) is 15.3. The summed E-state index contributed by atoms with van der Waals surface area (Å²) in [5, 5.41) is 18.8. The van der Waals surface area contributed by atoms with E-state index < -0.39 is 23.8 Å². The number of amides is 3. The zero-order chi connectivity index (χ0) is 20.8. The second kappa shape index (κ2) is 8.98. The van der Waals surface area contributed by atoms with E-state index in [0.29, 0.717) is 11.1 Å². The van der Waals surface area contributed by atoms with Crippen molar-refractivity contribution in [1.29, 1.82) is 5.41 Å². The van der Waals surface area contributed by atoms with E-state index in [0.717, 1.165) is 0 Å². The van der Waals surface area contributed by atoms with Crippen molar-refractivity contribution in [2.24, 2.45) is 5.73 Å². The summed E-state index contributed by atoms with van der Waals surface area (Å²) in [5.74, 6) is -2.90. The number of nitrogen functional groups attached to an aromatic ring is 1. The number of piperazine rings is 1. The van der Waals surface area contributed by atoms with Gasteiger partial charge < -0.3 is 26.0 Å². The Morgan fingerprint density at radius 2 is 1.79 bits per heavy atom. The van der Waals surface area contributed by atoms with Crippen LogP contribution in [0.4, 0.5) is 0 Å². The van der Waals surface area contributed by atoms with Crippen molar-refractivity contribution in [1.82, 2.24) is 15.1 Å². The third-order valence-electron chi connectivity index (χ3n) is 4.47. The highest BCUT2D eigenvalue weighted by molar-refractivity contribution is 6.35. The minimum Gasteiger partial charge on any atom is -0.481 e. The van der Waals surface area contributed by atoms with Crippen LogP contribution in [0.2, 0.25) is 0 Å². The Morgan fingerprint density at radius 1 is 1.18 bits per heavy atom. The number of carbonyl (C=O) groups is 4. The van der Waals surface area contributed by atoms with Gasteiger partial charge in [0.05, 0.1) is 6.42 Å². The third-order valence-corrected chi connectivity index (χ3v) is 4.47. The van der Waals surface area contributed by atoms with Gasteiger partial charge in [0.1, 0.15) is 5.84 Å². The summed E-state index contributed by atoms with van der Waals surface area (Å²) >= 11 is 0. The fourth-order valence-corrected chi connectivity index (χ4v) is 2.89. The molecule has 1 aliphatic heterocycles. The molecule has 150 valence electrons. The van der Waals surface area contributed by atoms with E-state index in [4.69, 9.17) is 16.2 Å². The molecule has 0 aromatic heterocycles. The van der Waals surface area contributed by atoms with Crippen LogP contribution < -0.4 is 11.1 Å². The largest absolute Gasteiger partial charge is 0.481 e. The summed E-state index contributed by atoms with van der Waals surface area (Å²) in [5.41, 5.74) is 6.26. The number of carbonyl (C=O) groups excluding carboxylic acids is 3. The van der Waals surface area contributed by atoms with Crippen LogP contribution >= 0.6 is 0 Å². The summed E-state index contributed by atoms with van der Waals surface area (Å²) in [6, 6.07) is 5.66. The van der Waals surface area contributed by atoms with Crippen LogP contribution in [0.5, 0.6) is 0 Å². The van der Waals surface area contributed by atoms with Crippen LogP contribution in [0.25, 0.3) is 0 Å². The minimum absolute atomic E-state index is 0.0908. The molecule has 1 heterocycles. The zero-order valence-corrected chi connectivity index (χ0v) is 15.5. The lowest BCUT2D eigenvalue weighted by Crippen LogP contribution is -2.58. The third kappa shape index (κ3) is 5.06. The number of amidine groups is 1. The molecule has 5 N–H and O–H groups in total. The van der Waals surface area contributed by atoms with Crippen LogP contribution in [0.3, 0.4) is 0 Å². The Morgan fingerprint density at radius 3 is 2.36 bits per heavy atom. The monoisotopic (exact) mass is 389 g/mol. The Hall–Kier alpha value is -3.43. The highest BCUT2D eigenvalue weighted by atomic mass is 16.4. The minimum atomic E-state index is -1.03. The van der Waals surface area contributed by atoms with Crippen molar-refractivity contribution in [2.75, 3.05) is 26.2 Å². The Labute approximate surface area is 161 Å². The number of hydrogen-bond acceptors (Lipinski definition) is 5. The number of carboxylic acid groups (broad SMARTS) is 1. The topological polar surface area (TPSA) is 157 Å². The van der Waals surface area contributed by atoms with Gasteiger partial charge in [-0.25, -0.2) is 0 Å². The number of rotatable bonds is 8. The SMILES string of the molecule is CC(CC(=O)O)N1CCN(CCNC(=O)c2ccc(C(=N)N)cc2)C(=O)C1=O. The molecule has 0 bridgehead atoms. The maximum absolute atomic E-state index is 12.2. The molecule has 0 radical (unpaired) electrons. The van der Waals surface area contributed by atoms with Crippen LogP contribution in [0, 0.1) is 5.41 Å². The quantitative estimate of drug-likeness (QED) is 0.260. The van der Waals surface area contributed by atoms with Crippen molar-refractivity contribution < 1.29 is 24.3 Å². The summed E-state index contributed by atoms with van der Waals surface area (Å²) in [6.07, 6.45) is -0.225. The molecule has 10 nitrogen and oxygen atoms in total. The van der Waals surface area contributed by atoms with Crippen LogP contribution in [-0.2, 0) is 14.4 Å². The lowest BCUT2D eigenvalue weighted by Gasteiger charge is -2.36. The fraction of sp³-hybridized carbons (Fsp3) is 0.389. The van der Waals surface area contributed by atoms with Gasteiger partial charge in [-0.1, -0.05) is 12.1 Å². The lowest BCUT2D eigenvalue weighted by atomic mass is 10.1. The highest BCUT2D eigenvalue weighted by Crippen LogP contribution is 2.11. The first-order chi connectivity index (χ1) is 13.2. The molecule has 3 amide bonds. The lowest BCUT2D eigenvalue weighted by molar-refractivity contribution is -0.158. The molecule has 28 heavy (non-hydrogen) atoms. The van der Waals surface area contributed by atoms with Gasteiger partial charge in [0.2, 0.25) is 0 Å². The van der Waals surface area contributed by atoms with Gasteiger partial charge in [-0.05, 0) is 19.1 Å². The maximum atomic E-state index is 12.2. The molecule has 0 aliphatic carbocycles. The molecular formula is C18H23N5O5. The fourth-order valence-electron chi connectivity index (χ4n) is 2.89. The average Bonchev–Trinajstić information content (AvgIpc) is 2.64. The predicted molar refractivity (Wildman–Crippen MR) is 99.8 cm³/mol. The van der Waals surface area contributed by atoms with Crippen LogP contribution in [0.15, 0.2) is 24.3 Å². The van der Waals surface area contributed by atoms with Crippen LogP contribution in [-0.4, -0.2) is 76.7 Å². The van der Waals surface area contributed by atoms with E-state index in [2.05, 4.69) is 5.32 Å². The number of nitrogens with two attached hydrogens (primary N) is 1. The van der Waals surface area contributed by atoms with E-state index in [1.165, 1.54) is 9.80 Å². The second-order valence-electron chi connectivity index (χ2n) is 6.48. The van der Waals surface area contributed by atoms with E-state index in [1.807, 2.05) is 0 Å². The first-order valence-corrected chi connectivity index (χ1v) is 8.75. The number of aliphatic carboxylic acids is 1. The first-order valence-electron chi connectivity index (χ1n) is 8.75. The van der Waals surface area contributed by atoms with Crippen molar-refractivity contribution in [3.8, 4) is 0 Å². The van der Waals surface area contributed by atoms with Crippen molar-refractivity contribution in [2.45, 2.75) is 19.4 Å². The number of nitrogens with zero attached hydrogens (tertiary/aromatic N) is 2. The van der Waals surface area contributed by atoms with Gasteiger partial charge in [-0.2, -0.15) is 0 Å². The smallest absolute Gasteiger partial charge is 0.312 e. The van der Waals surface area contributed by atoms with Gasteiger partial charge in [0, 0.05) is 43.3 Å². The summed E-state index contributed by atoms with van der Waals surface area (Å²) in [4.78, 5) is 49.9. The number of benzene rings is 1. The van der Waals surface area contributed by atoms with E-state index in [1.54, 1.807) is 31.2 Å². The molecular weight excluding hydrogens is 366 g/mol. The molecule has 1 aromatic rings. The molecule has 2 rings (SSSR count). The average molecular weight is 389 g/mol. The van der Waals surface area contributed by atoms with E-state index in [-0.39, 0.29) is 44.3 Å². The second-order valence-corrected chi connectivity index (χ2v) is 6.48. The maximum Gasteiger partial charge on any atom is 0.312 e. The van der Waals surface area contributed by atoms with Gasteiger partial charge in [0.25, 0.3) is 5.91 Å². The summed E-state index contributed by atoms with van der Waals surface area (Å²) in [7, 11) is 0. The summed E-state index contributed by atoms with van der Waals surface area (Å²) < 4.78 is 0. The number of carboxylic acids is 1. The van der Waals surface area contributed by atoms with Gasteiger partial charge in [0.15, 0.2) is 0 Å². The zero-order valence-electron chi connectivity index (χ0n) is 15.5.